The van der Waals surface area contributed by atoms with Gasteiger partial charge in [0, 0.05) is 24.3 Å². The van der Waals surface area contributed by atoms with Crippen molar-refractivity contribution in [2.45, 2.75) is 27.2 Å². The minimum atomic E-state index is -0.666. The van der Waals surface area contributed by atoms with Gasteiger partial charge in [0.2, 0.25) is 5.91 Å². The summed E-state index contributed by atoms with van der Waals surface area (Å²) in [6.07, 6.45) is -0.00282. The molecule has 3 rings (SSSR count). The van der Waals surface area contributed by atoms with E-state index in [1.165, 1.54) is 4.90 Å². The molecule has 2 amide bonds. The zero-order valence-electron chi connectivity index (χ0n) is 18.3. The van der Waals surface area contributed by atoms with Crippen LogP contribution in [0.15, 0.2) is 42.5 Å². The summed E-state index contributed by atoms with van der Waals surface area (Å²) in [6, 6.07) is 12.1. The van der Waals surface area contributed by atoms with Crippen LogP contribution >= 0.6 is 0 Å². The van der Waals surface area contributed by atoms with Crippen molar-refractivity contribution in [2.24, 2.45) is 5.92 Å². The topological polar surface area (TPSA) is 102 Å². The number of anilines is 2. The van der Waals surface area contributed by atoms with Crippen molar-refractivity contribution in [1.29, 1.82) is 0 Å². The molecule has 0 aliphatic carbocycles. The van der Waals surface area contributed by atoms with Crippen LogP contribution in [0.5, 0.6) is 0 Å². The van der Waals surface area contributed by atoms with Crippen LogP contribution in [0.25, 0.3) is 0 Å². The number of hydrogen-bond acceptors (Lipinski definition) is 6. The normalized spacial score (nSPS) is 15.4. The fraction of sp³-hybridized carbons (Fsp3) is 0.333. The van der Waals surface area contributed by atoms with Gasteiger partial charge in [-0.2, -0.15) is 0 Å². The van der Waals surface area contributed by atoms with Crippen LogP contribution in [-0.4, -0.2) is 43.5 Å². The van der Waals surface area contributed by atoms with Crippen LogP contribution in [0, 0.1) is 19.8 Å². The van der Waals surface area contributed by atoms with Crippen molar-refractivity contribution in [3.8, 4) is 0 Å². The second-order valence-corrected chi connectivity index (χ2v) is 7.71. The summed E-state index contributed by atoms with van der Waals surface area (Å²) < 4.78 is 10.1. The first-order chi connectivity index (χ1) is 15.3. The van der Waals surface area contributed by atoms with Crippen LogP contribution in [0.2, 0.25) is 0 Å². The van der Waals surface area contributed by atoms with E-state index in [1.807, 2.05) is 32.0 Å². The van der Waals surface area contributed by atoms with E-state index in [2.05, 4.69) is 5.32 Å². The summed E-state index contributed by atoms with van der Waals surface area (Å²) in [5, 5.41) is 2.70. The molecule has 1 aliphatic heterocycles. The third-order valence-corrected chi connectivity index (χ3v) is 5.00. The molecular weight excluding hydrogens is 412 g/mol. The maximum absolute atomic E-state index is 12.4. The fourth-order valence-electron chi connectivity index (χ4n) is 3.61. The Kier molecular flexibility index (Phi) is 7.25. The van der Waals surface area contributed by atoms with Gasteiger partial charge in [-0.15, -0.1) is 0 Å². The number of hydrogen-bond donors (Lipinski definition) is 1. The Balaban J connectivity index is 1.53. The second kappa shape index (κ2) is 10.1. The second-order valence-electron chi connectivity index (χ2n) is 7.71. The van der Waals surface area contributed by atoms with Gasteiger partial charge in [0.15, 0.2) is 6.61 Å². The lowest BCUT2D eigenvalue weighted by atomic mass is 10.1. The smallest absolute Gasteiger partial charge is 0.338 e. The molecule has 8 nitrogen and oxygen atoms in total. The summed E-state index contributed by atoms with van der Waals surface area (Å²) in [7, 11) is 0. The van der Waals surface area contributed by atoms with E-state index in [9.17, 15) is 19.2 Å². The fourth-order valence-corrected chi connectivity index (χ4v) is 3.61. The highest BCUT2D eigenvalue weighted by Gasteiger charge is 2.36. The molecule has 0 saturated carbocycles. The highest BCUT2D eigenvalue weighted by molar-refractivity contribution is 6.00. The van der Waals surface area contributed by atoms with Crippen molar-refractivity contribution in [3.05, 3.63) is 59.2 Å². The number of benzene rings is 2. The minimum absolute atomic E-state index is 0.00282. The third-order valence-electron chi connectivity index (χ3n) is 5.00. The number of carbonyl (C=O) groups is 4. The molecule has 8 heteroatoms. The Morgan fingerprint density at radius 3 is 2.31 bits per heavy atom. The molecule has 32 heavy (non-hydrogen) atoms. The number of carbonyl (C=O) groups excluding carboxylic acids is 4. The number of amides is 2. The molecule has 1 atom stereocenters. The van der Waals surface area contributed by atoms with Gasteiger partial charge in [-0.25, -0.2) is 4.79 Å². The summed E-state index contributed by atoms with van der Waals surface area (Å²) in [5.74, 6) is -2.37. The zero-order chi connectivity index (χ0) is 23.3. The maximum Gasteiger partial charge on any atom is 0.338 e. The molecule has 0 aromatic heterocycles. The van der Waals surface area contributed by atoms with Crippen molar-refractivity contribution in [3.63, 3.8) is 0 Å². The molecule has 1 saturated heterocycles. The van der Waals surface area contributed by atoms with E-state index >= 15 is 0 Å². The lowest BCUT2D eigenvalue weighted by Gasteiger charge is -2.17. The van der Waals surface area contributed by atoms with E-state index in [0.29, 0.717) is 16.9 Å². The summed E-state index contributed by atoms with van der Waals surface area (Å²) in [6.45, 7) is 5.57. The molecular formula is C24H26N2O6. The molecule has 0 unspecified atom stereocenters. The number of aryl methyl sites for hydroxylation is 2. The van der Waals surface area contributed by atoms with Gasteiger partial charge in [0.05, 0.1) is 18.1 Å². The number of esters is 2. The van der Waals surface area contributed by atoms with Crippen molar-refractivity contribution in [2.75, 3.05) is 30.0 Å². The molecule has 2 aromatic rings. The van der Waals surface area contributed by atoms with Gasteiger partial charge in [-0.05, 0) is 68.3 Å². The first kappa shape index (κ1) is 23.0. The predicted octanol–water partition coefficient (Wildman–Crippen LogP) is 3.01. The van der Waals surface area contributed by atoms with Gasteiger partial charge < -0.3 is 19.7 Å². The molecule has 1 aliphatic rings. The maximum atomic E-state index is 12.4. The number of rotatable bonds is 7. The first-order valence-corrected chi connectivity index (χ1v) is 10.4. The van der Waals surface area contributed by atoms with Crippen molar-refractivity contribution in [1.82, 2.24) is 0 Å². The van der Waals surface area contributed by atoms with Crippen molar-refractivity contribution >= 4 is 35.1 Å². The summed E-state index contributed by atoms with van der Waals surface area (Å²) in [5.41, 5.74) is 3.62. The lowest BCUT2D eigenvalue weighted by molar-refractivity contribution is -0.151. The predicted molar refractivity (Wildman–Crippen MR) is 118 cm³/mol. The highest BCUT2D eigenvalue weighted by Crippen LogP contribution is 2.26. The minimum Gasteiger partial charge on any atom is -0.462 e. The molecule has 168 valence electrons. The van der Waals surface area contributed by atoms with Crippen LogP contribution in [0.3, 0.4) is 0 Å². The van der Waals surface area contributed by atoms with E-state index in [0.717, 1.165) is 11.1 Å². The lowest BCUT2D eigenvalue weighted by Crippen LogP contribution is -2.28. The van der Waals surface area contributed by atoms with E-state index in [-0.39, 0.29) is 25.5 Å². The van der Waals surface area contributed by atoms with Crippen LogP contribution in [-0.2, 0) is 23.9 Å². The van der Waals surface area contributed by atoms with Gasteiger partial charge in [-0.3, -0.25) is 14.4 Å². The average molecular weight is 438 g/mol. The Morgan fingerprint density at radius 1 is 1.03 bits per heavy atom. The van der Waals surface area contributed by atoms with Crippen LogP contribution < -0.4 is 10.2 Å². The highest BCUT2D eigenvalue weighted by atomic mass is 16.5. The zero-order valence-corrected chi connectivity index (χ0v) is 18.3. The summed E-state index contributed by atoms with van der Waals surface area (Å²) in [4.78, 5) is 50.2. The van der Waals surface area contributed by atoms with Gasteiger partial charge in [-0.1, -0.05) is 6.07 Å². The molecule has 0 bridgehead atoms. The Hall–Kier alpha value is -3.68. The van der Waals surface area contributed by atoms with Crippen LogP contribution in [0.4, 0.5) is 11.4 Å². The first-order valence-electron chi connectivity index (χ1n) is 10.4. The Morgan fingerprint density at radius 2 is 1.69 bits per heavy atom. The van der Waals surface area contributed by atoms with Crippen molar-refractivity contribution < 1.29 is 28.7 Å². The molecule has 0 spiro atoms. The van der Waals surface area contributed by atoms with Gasteiger partial charge >= 0.3 is 11.9 Å². The SMILES string of the molecule is CCOC(=O)c1ccc(N2C[C@H](C(=O)OCC(=O)Nc3cc(C)cc(C)c3)CC2=O)cc1. The number of nitrogens with one attached hydrogen (secondary N) is 1. The molecule has 1 fully saturated rings. The van der Waals surface area contributed by atoms with E-state index < -0.39 is 30.4 Å². The van der Waals surface area contributed by atoms with Gasteiger partial charge in [0.1, 0.15) is 0 Å². The molecule has 2 aromatic carbocycles. The monoisotopic (exact) mass is 438 g/mol. The molecule has 0 radical (unpaired) electrons. The molecule has 1 N–H and O–H groups in total. The summed E-state index contributed by atoms with van der Waals surface area (Å²) >= 11 is 0. The number of nitrogens with zero attached hydrogens (tertiary/aromatic N) is 1. The standard InChI is InChI=1S/C24H26N2O6/c1-4-31-23(29)17-5-7-20(8-6-17)26-13-18(12-22(26)28)24(30)32-14-21(27)25-19-10-15(2)9-16(3)11-19/h5-11,18H,4,12-14H2,1-3H3,(H,25,27)/t18-/m1/s1. The Labute approximate surface area is 186 Å². The van der Waals surface area contributed by atoms with Crippen LogP contribution in [0.1, 0.15) is 34.8 Å². The molecule has 1 heterocycles. The van der Waals surface area contributed by atoms with E-state index in [4.69, 9.17) is 9.47 Å². The average Bonchev–Trinajstić information content (AvgIpc) is 3.13. The largest absolute Gasteiger partial charge is 0.462 e. The Bertz CT molecular complexity index is 1010. The number of ether oxygens (including phenoxy) is 2. The van der Waals surface area contributed by atoms with Gasteiger partial charge in [0.25, 0.3) is 5.91 Å². The van der Waals surface area contributed by atoms with E-state index in [1.54, 1.807) is 31.2 Å². The third kappa shape index (κ3) is 5.72. The quantitative estimate of drug-likeness (QED) is 0.667.